The molecule has 6 heteroatoms. The molecule has 0 saturated heterocycles. The molecule has 0 aliphatic rings. The second kappa shape index (κ2) is 5.68. The van der Waals surface area contributed by atoms with Gasteiger partial charge in [0.05, 0.1) is 6.54 Å². The predicted molar refractivity (Wildman–Crippen MR) is 77.0 cm³/mol. The lowest BCUT2D eigenvalue weighted by Gasteiger charge is -2.18. The molecule has 96 valence electrons. The number of nitrogens with two attached hydrogens (primary N) is 1. The summed E-state index contributed by atoms with van der Waals surface area (Å²) in [7, 11) is 2.00. The van der Waals surface area contributed by atoms with Gasteiger partial charge in [0.25, 0.3) is 0 Å². The van der Waals surface area contributed by atoms with E-state index in [0.29, 0.717) is 5.95 Å². The highest BCUT2D eigenvalue weighted by atomic mass is 32.1. The molecule has 2 aromatic rings. The van der Waals surface area contributed by atoms with Crippen molar-refractivity contribution in [3.8, 4) is 0 Å². The zero-order valence-electron chi connectivity index (χ0n) is 10.6. The molecule has 2 rings (SSSR count). The van der Waals surface area contributed by atoms with E-state index < -0.39 is 0 Å². The fourth-order valence-corrected chi connectivity index (χ4v) is 2.39. The van der Waals surface area contributed by atoms with E-state index >= 15 is 0 Å². The lowest BCUT2D eigenvalue weighted by Crippen LogP contribution is -2.18. The Balaban J connectivity index is 2.16. The summed E-state index contributed by atoms with van der Waals surface area (Å²) >= 11 is 1.73. The van der Waals surface area contributed by atoms with Crippen molar-refractivity contribution in [2.45, 2.75) is 13.5 Å². The normalized spacial score (nSPS) is 10.3. The van der Waals surface area contributed by atoms with E-state index in [1.165, 1.54) is 4.88 Å². The van der Waals surface area contributed by atoms with Crippen LogP contribution in [0.3, 0.4) is 0 Å². The molecule has 0 bridgehead atoms. The van der Waals surface area contributed by atoms with Gasteiger partial charge in [0, 0.05) is 24.5 Å². The van der Waals surface area contributed by atoms with Crippen LogP contribution in [0.2, 0.25) is 0 Å². The Labute approximate surface area is 111 Å². The highest BCUT2D eigenvalue weighted by Crippen LogP contribution is 2.19. The molecule has 0 atom stereocenters. The lowest BCUT2D eigenvalue weighted by atomic mass is 10.4. The number of rotatable bonds is 5. The Kier molecular flexibility index (Phi) is 3.99. The second-order valence-corrected chi connectivity index (χ2v) is 4.97. The van der Waals surface area contributed by atoms with Gasteiger partial charge in [-0.25, -0.2) is 0 Å². The van der Waals surface area contributed by atoms with Gasteiger partial charge in [-0.05, 0) is 18.4 Å². The molecule has 5 nitrogen and oxygen atoms in total. The summed E-state index contributed by atoms with van der Waals surface area (Å²) < 4.78 is 0. The molecule has 0 fully saturated rings. The van der Waals surface area contributed by atoms with Crippen molar-refractivity contribution < 1.29 is 0 Å². The zero-order chi connectivity index (χ0) is 13.0. The minimum absolute atomic E-state index is 0.293. The van der Waals surface area contributed by atoms with Crippen LogP contribution >= 0.6 is 11.3 Å². The van der Waals surface area contributed by atoms with Gasteiger partial charge in [-0.2, -0.15) is 9.97 Å². The van der Waals surface area contributed by atoms with Crippen LogP contribution in [-0.4, -0.2) is 23.6 Å². The summed E-state index contributed by atoms with van der Waals surface area (Å²) in [5.41, 5.74) is 5.71. The SMILES string of the molecule is CCNc1cc(N(C)Cc2cccs2)nc(N)n1. The van der Waals surface area contributed by atoms with E-state index in [1.54, 1.807) is 11.3 Å². The standard InChI is InChI=1S/C12H17N5S/c1-3-14-10-7-11(16-12(13)15-10)17(2)8-9-5-4-6-18-9/h4-7H,3,8H2,1-2H3,(H3,13,14,15,16). The molecular formula is C12H17N5S. The molecule has 0 unspecified atom stereocenters. The van der Waals surface area contributed by atoms with Crippen molar-refractivity contribution in [1.82, 2.24) is 9.97 Å². The van der Waals surface area contributed by atoms with Crippen molar-refractivity contribution in [3.63, 3.8) is 0 Å². The Morgan fingerprint density at radius 1 is 1.44 bits per heavy atom. The summed E-state index contributed by atoms with van der Waals surface area (Å²) in [4.78, 5) is 11.7. The maximum absolute atomic E-state index is 5.71. The number of hydrogen-bond donors (Lipinski definition) is 2. The van der Waals surface area contributed by atoms with Crippen LogP contribution in [0.15, 0.2) is 23.6 Å². The first-order chi connectivity index (χ1) is 8.69. The van der Waals surface area contributed by atoms with Crippen molar-refractivity contribution in [1.29, 1.82) is 0 Å². The fraction of sp³-hybridized carbons (Fsp3) is 0.333. The molecule has 3 N–H and O–H groups in total. The summed E-state index contributed by atoms with van der Waals surface area (Å²) in [6.07, 6.45) is 0. The van der Waals surface area contributed by atoms with E-state index in [9.17, 15) is 0 Å². The van der Waals surface area contributed by atoms with E-state index in [-0.39, 0.29) is 0 Å². The van der Waals surface area contributed by atoms with Crippen LogP contribution in [0, 0.1) is 0 Å². The zero-order valence-corrected chi connectivity index (χ0v) is 11.4. The summed E-state index contributed by atoms with van der Waals surface area (Å²) in [5, 5.41) is 5.22. The third-order valence-corrected chi connectivity index (χ3v) is 3.31. The lowest BCUT2D eigenvalue weighted by molar-refractivity contribution is 0.907. The Morgan fingerprint density at radius 2 is 2.28 bits per heavy atom. The molecule has 0 spiro atoms. The quantitative estimate of drug-likeness (QED) is 0.865. The van der Waals surface area contributed by atoms with Crippen LogP contribution in [0.4, 0.5) is 17.6 Å². The topological polar surface area (TPSA) is 67.1 Å². The molecular weight excluding hydrogens is 246 g/mol. The molecule has 18 heavy (non-hydrogen) atoms. The van der Waals surface area contributed by atoms with Crippen molar-refractivity contribution >= 4 is 28.9 Å². The summed E-state index contributed by atoms with van der Waals surface area (Å²) in [6.45, 7) is 3.65. The van der Waals surface area contributed by atoms with Gasteiger partial charge < -0.3 is 16.0 Å². The maximum atomic E-state index is 5.71. The first-order valence-corrected chi connectivity index (χ1v) is 6.69. The number of aromatic nitrogens is 2. The van der Waals surface area contributed by atoms with E-state index in [4.69, 9.17) is 5.73 Å². The number of nitrogens with zero attached hydrogens (tertiary/aromatic N) is 3. The highest BCUT2D eigenvalue weighted by molar-refractivity contribution is 7.09. The van der Waals surface area contributed by atoms with Gasteiger partial charge in [0.15, 0.2) is 0 Å². The largest absolute Gasteiger partial charge is 0.370 e. The van der Waals surface area contributed by atoms with Crippen LogP contribution in [0.1, 0.15) is 11.8 Å². The first kappa shape index (κ1) is 12.6. The molecule has 0 aliphatic heterocycles. The smallest absolute Gasteiger partial charge is 0.223 e. The summed E-state index contributed by atoms with van der Waals surface area (Å²) in [5.74, 6) is 1.88. The first-order valence-electron chi connectivity index (χ1n) is 5.81. The van der Waals surface area contributed by atoms with Gasteiger partial charge in [0.2, 0.25) is 5.95 Å². The molecule has 2 aromatic heterocycles. The van der Waals surface area contributed by atoms with E-state index in [1.807, 2.05) is 26.1 Å². The van der Waals surface area contributed by atoms with Crippen LogP contribution in [0.5, 0.6) is 0 Å². The predicted octanol–water partition coefficient (Wildman–Crippen LogP) is 2.19. The second-order valence-electron chi connectivity index (χ2n) is 3.94. The van der Waals surface area contributed by atoms with Crippen molar-refractivity contribution in [2.24, 2.45) is 0 Å². The molecule has 0 aromatic carbocycles. The van der Waals surface area contributed by atoms with Gasteiger partial charge in [-0.1, -0.05) is 6.07 Å². The van der Waals surface area contributed by atoms with Crippen LogP contribution in [0.25, 0.3) is 0 Å². The molecule has 0 saturated carbocycles. The van der Waals surface area contributed by atoms with Crippen molar-refractivity contribution in [3.05, 3.63) is 28.5 Å². The Bertz CT molecular complexity index is 497. The number of thiophene rings is 1. The number of nitrogen functional groups attached to an aromatic ring is 1. The average Bonchev–Trinajstić information content (AvgIpc) is 2.81. The highest BCUT2D eigenvalue weighted by Gasteiger charge is 2.07. The average molecular weight is 263 g/mol. The monoisotopic (exact) mass is 263 g/mol. The Morgan fingerprint density at radius 3 is 2.94 bits per heavy atom. The Hall–Kier alpha value is -1.82. The maximum Gasteiger partial charge on any atom is 0.223 e. The van der Waals surface area contributed by atoms with Crippen molar-refractivity contribution in [2.75, 3.05) is 29.5 Å². The van der Waals surface area contributed by atoms with Gasteiger partial charge in [-0.3, -0.25) is 0 Å². The van der Waals surface area contributed by atoms with E-state index in [2.05, 4.69) is 31.6 Å². The molecule has 2 heterocycles. The number of anilines is 3. The van der Waals surface area contributed by atoms with Crippen LogP contribution < -0.4 is 16.0 Å². The van der Waals surface area contributed by atoms with Crippen LogP contribution in [-0.2, 0) is 6.54 Å². The fourth-order valence-electron chi connectivity index (χ4n) is 1.64. The number of nitrogens with one attached hydrogen (secondary N) is 1. The molecule has 0 aliphatic carbocycles. The summed E-state index contributed by atoms with van der Waals surface area (Å²) in [6, 6.07) is 6.07. The molecule has 0 radical (unpaired) electrons. The van der Waals surface area contributed by atoms with E-state index in [0.717, 1.165) is 24.7 Å². The minimum atomic E-state index is 0.293. The minimum Gasteiger partial charge on any atom is -0.370 e. The third-order valence-electron chi connectivity index (χ3n) is 2.45. The molecule has 0 amide bonds. The van der Waals surface area contributed by atoms with Gasteiger partial charge >= 0.3 is 0 Å². The van der Waals surface area contributed by atoms with Gasteiger partial charge in [0.1, 0.15) is 11.6 Å². The van der Waals surface area contributed by atoms with Gasteiger partial charge in [-0.15, -0.1) is 11.3 Å². The number of hydrogen-bond acceptors (Lipinski definition) is 6. The third kappa shape index (κ3) is 3.10.